The third-order valence-electron chi connectivity index (χ3n) is 4.49. The first kappa shape index (κ1) is 18.0. The first-order chi connectivity index (χ1) is 12.3. The van der Waals surface area contributed by atoms with Crippen LogP contribution in [0.1, 0.15) is 18.5 Å². The van der Waals surface area contributed by atoms with Gasteiger partial charge in [0.25, 0.3) is 0 Å². The van der Waals surface area contributed by atoms with Crippen LogP contribution >= 0.6 is 0 Å². The van der Waals surface area contributed by atoms with E-state index in [2.05, 4.69) is 20.5 Å². The largest absolute Gasteiger partial charge is 0.504 e. The minimum atomic E-state index is -0.140. The number of phenols is 1. The van der Waals surface area contributed by atoms with Crippen LogP contribution in [0.25, 0.3) is 0 Å². The molecular formula is C18H28N4O3. The van der Waals surface area contributed by atoms with Gasteiger partial charge < -0.3 is 25.2 Å². The summed E-state index contributed by atoms with van der Waals surface area (Å²) in [6, 6.07) is 5.47. The Balaban J connectivity index is 1.64. The highest BCUT2D eigenvalue weighted by Gasteiger charge is 2.25. The van der Waals surface area contributed by atoms with Gasteiger partial charge in [-0.15, -0.1) is 0 Å². The topological polar surface area (TPSA) is 78.4 Å². The zero-order valence-corrected chi connectivity index (χ0v) is 14.8. The minimum absolute atomic E-state index is 0.140. The van der Waals surface area contributed by atoms with E-state index < -0.39 is 0 Å². The Hall–Kier alpha value is -1.83. The quantitative estimate of drug-likeness (QED) is 0.704. The molecule has 1 aromatic rings. The molecule has 1 unspecified atom stereocenters. The van der Waals surface area contributed by atoms with Crippen LogP contribution in [0.3, 0.4) is 0 Å². The van der Waals surface area contributed by atoms with Crippen molar-refractivity contribution in [2.75, 3.05) is 59.1 Å². The highest BCUT2D eigenvalue weighted by Crippen LogP contribution is 2.34. The van der Waals surface area contributed by atoms with Crippen molar-refractivity contribution in [3.05, 3.63) is 23.8 Å². The summed E-state index contributed by atoms with van der Waals surface area (Å²) in [4.78, 5) is 7.02. The molecule has 1 saturated heterocycles. The standard InChI is InChI=1S/C18H28N4O3/c1-2-25-15-5-3-4-14(17(15)23)16-18(20-7-6-19-16)21-8-9-22-10-12-24-13-11-22/h3-5,16,19,23H,2,6-13H2,1H3,(H,20,21). The number of amidine groups is 1. The van der Waals surface area contributed by atoms with Crippen LogP contribution in [0.5, 0.6) is 11.5 Å². The smallest absolute Gasteiger partial charge is 0.163 e. The predicted molar refractivity (Wildman–Crippen MR) is 97.6 cm³/mol. The third-order valence-corrected chi connectivity index (χ3v) is 4.49. The molecule has 0 spiro atoms. The Morgan fingerprint density at radius 3 is 3.04 bits per heavy atom. The van der Waals surface area contributed by atoms with Gasteiger partial charge in [0.15, 0.2) is 11.5 Å². The summed E-state index contributed by atoms with van der Waals surface area (Å²) in [6.45, 7) is 9.31. The summed E-state index contributed by atoms with van der Waals surface area (Å²) in [7, 11) is 0. The average molecular weight is 348 g/mol. The number of para-hydroxylation sites is 1. The molecule has 2 heterocycles. The van der Waals surface area contributed by atoms with E-state index in [9.17, 15) is 5.11 Å². The molecule has 3 N–H and O–H groups in total. The van der Waals surface area contributed by atoms with Gasteiger partial charge in [-0.2, -0.15) is 0 Å². The lowest BCUT2D eigenvalue weighted by Gasteiger charge is -2.29. The van der Waals surface area contributed by atoms with Gasteiger partial charge in [-0.25, -0.2) is 0 Å². The molecule has 138 valence electrons. The first-order valence-electron chi connectivity index (χ1n) is 9.06. The van der Waals surface area contributed by atoms with E-state index in [0.717, 1.165) is 63.9 Å². The van der Waals surface area contributed by atoms with E-state index in [1.54, 1.807) is 6.07 Å². The summed E-state index contributed by atoms with van der Waals surface area (Å²) in [5.41, 5.74) is 0.795. The van der Waals surface area contributed by atoms with E-state index in [1.165, 1.54) is 0 Å². The molecule has 2 aliphatic heterocycles. The van der Waals surface area contributed by atoms with Gasteiger partial charge in [0, 0.05) is 38.3 Å². The molecule has 7 nitrogen and oxygen atoms in total. The highest BCUT2D eigenvalue weighted by molar-refractivity contribution is 5.90. The number of nitrogens with zero attached hydrogens (tertiary/aromatic N) is 2. The number of benzene rings is 1. The number of hydrogen-bond acceptors (Lipinski definition) is 7. The Kier molecular flexibility index (Phi) is 6.49. The second-order valence-corrected chi connectivity index (χ2v) is 6.16. The van der Waals surface area contributed by atoms with Crippen LogP contribution < -0.4 is 15.4 Å². The van der Waals surface area contributed by atoms with Crippen LogP contribution in [0.15, 0.2) is 23.2 Å². The summed E-state index contributed by atoms with van der Waals surface area (Å²) < 4.78 is 10.9. The molecule has 3 rings (SSSR count). The number of aliphatic imine (C=N–C) groups is 1. The molecule has 0 aliphatic carbocycles. The summed E-state index contributed by atoms with van der Waals surface area (Å²) in [5.74, 6) is 1.58. The number of aromatic hydroxyl groups is 1. The maximum atomic E-state index is 10.5. The average Bonchev–Trinajstić information content (AvgIpc) is 2.65. The fourth-order valence-electron chi connectivity index (χ4n) is 3.20. The van der Waals surface area contributed by atoms with Crippen molar-refractivity contribution in [2.45, 2.75) is 13.0 Å². The van der Waals surface area contributed by atoms with Crippen molar-refractivity contribution in [2.24, 2.45) is 4.99 Å². The SMILES string of the molecule is CCOc1cccc(C2NCCN=C2NCCN2CCOCC2)c1O. The monoisotopic (exact) mass is 348 g/mol. The normalized spacial score (nSPS) is 21.6. The van der Waals surface area contributed by atoms with E-state index in [-0.39, 0.29) is 11.8 Å². The molecular weight excluding hydrogens is 320 g/mol. The summed E-state index contributed by atoms with van der Waals surface area (Å²) >= 11 is 0. The van der Waals surface area contributed by atoms with Gasteiger partial charge in [0.05, 0.1) is 32.4 Å². The Morgan fingerprint density at radius 2 is 2.24 bits per heavy atom. The minimum Gasteiger partial charge on any atom is -0.504 e. The van der Waals surface area contributed by atoms with Gasteiger partial charge >= 0.3 is 0 Å². The fourth-order valence-corrected chi connectivity index (χ4v) is 3.20. The van der Waals surface area contributed by atoms with Gasteiger partial charge in [-0.1, -0.05) is 12.1 Å². The highest BCUT2D eigenvalue weighted by atomic mass is 16.5. The van der Waals surface area contributed by atoms with E-state index >= 15 is 0 Å². The Bertz CT molecular complexity index is 588. The number of rotatable bonds is 6. The van der Waals surface area contributed by atoms with Gasteiger partial charge in [-0.05, 0) is 13.0 Å². The third kappa shape index (κ3) is 4.62. The van der Waals surface area contributed by atoms with Crippen molar-refractivity contribution in [3.63, 3.8) is 0 Å². The Morgan fingerprint density at radius 1 is 1.40 bits per heavy atom. The van der Waals surface area contributed by atoms with Gasteiger partial charge in [0.2, 0.25) is 0 Å². The summed E-state index contributed by atoms with van der Waals surface area (Å²) in [6.07, 6.45) is 0. The fraction of sp³-hybridized carbons (Fsp3) is 0.611. The Labute approximate surface area is 149 Å². The number of ether oxygens (including phenoxy) is 2. The zero-order valence-electron chi connectivity index (χ0n) is 14.8. The van der Waals surface area contributed by atoms with E-state index in [0.29, 0.717) is 12.4 Å². The van der Waals surface area contributed by atoms with Crippen molar-refractivity contribution >= 4 is 5.84 Å². The van der Waals surface area contributed by atoms with Crippen molar-refractivity contribution in [1.29, 1.82) is 0 Å². The van der Waals surface area contributed by atoms with Crippen LogP contribution in [-0.4, -0.2) is 74.9 Å². The van der Waals surface area contributed by atoms with Crippen LogP contribution in [0.4, 0.5) is 0 Å². The lowest BCUT2D eigenvalue weighted by Crippen LogP contribution is -2.46. The maximum absolute atomic E-state index is 10.5. The molecule has 0 aromatic heterocycles. The van der Waals surface area contributed by atoms with E-state index in [4.69, 9.17) is 9.47 Å². The maximum Gasteiger partial charge on any atom is 0.163 e. The molecule has 1 fully saturated rings. The number of phenolic OH excluding ortho intramolecular Hbond substituents is 1. The zero-order chi connectivity index (χ0) is 17.5. The van der Waals surface area contributed by atoms with Gasteiger partial charge in [0.1, 0.15) is 5.84 Å². The number of hydrogen-bond donors (Lipinski definition) is 3. The van der Waals surface area contributed by atoms with E-state index in [1.807, 2.05) is 19.1 Å². The lowest BCUT2D eigenvalue weighted by molar-refractivity contribution is 0.0389. The van der Waals surface area contributed by atoms with Crippen LogP contribution in [-0.2, 0) is 4.74 Å². The molecule has 0 radical (unpaired) electrons. The van der Waals surface area contributed by atoms with Crippen molar-refractivity contribution in [3.8, 4) is 11.5 Å². The molecule has 25 heavy (non-hydrogen) atoms. The molecule has 7 heteroatoms. The summed E-state index contributed by atoms with van der Waals surface area (Å²) in [5, 5.41) is 17.4. The van der Waals surface area contributed by atoms with Crippen molar-refractivity contribution in [1.82, 2.24) is 15.5 Å². The van der Waals surface area contributed by atoms with Crippen molar-refractivity contribution < 1.29 is 14.6 Å². The molecule has 1 atom stereocenters. The molecule has 0 saturated carbocycles. The molecule has 0 amide bonds. The number of morpholine rings is 1. The molecule has 2 aliphatic rings. The molecule has 1 aromatic carbocycles. The lowest BCUT2D eigenvalue weighted by atomic mass is 10.0. The number of nitrogens with one attached hydrogen (secondary N) is 2. The van der Waals surface area contributed by atoms with Crippen LogP contribution in [0, 0.1) is 0 Å². The molecule has 0 bridgehead atoms. The second-order valence-electron chi connectivity index (χ2n) is 6.16. The first-order valence-corrected chi connectivity index (χ1v) is 9.06. The van der Waals surface area contributed by atoms with Gasteiger partial charge in [-0.3, -0.25) is 9.89 Å². The second kappa shape index (κ2) is 9.03. The van der Waals surface area contributed by atoms with Crippen LogP contribution in [0.2, 0.25) is 0 Å². The predicted octanol–water partition coefficient (Wildman–Crippen LogP) is 0.756.